The first-order chi connectivity index (χ1) is 10.1. The molecule has 2 aliphatic rings. The fourth-order valence-corrected chi connectivity index (χ4v) is 3.00. The molecule has 21 heavy (non-hydrogen) atoms. The lowest BCUT2D eigenvalue weighted by Crippen LogP contribution is -2.52. The molecule has 2 atom stereocenters. The number of carbonyl (C=O) groups is 1. The van der Waals surface area contributed by atoms with E-state index in [2.05, 4.69) is 15.1 Å². The molecule has 1 saturated heterocycles. The molecule has 0 unspecified atom stereocenters. The summed E-state index contributed by atoms with van der Waals surface area (Å²) in [6.45, 7) is 12.3. The minimum atomic E-state index is -0.980. The Bertz CT molecular complexity index is 610. The van der Waals surface area contributed by atoms with Crippen LogP contribution in [0.5, 0.6) is 5.75 Å². The van der Waals surface area contributed by atoms with Crippen molar-refractivity contribution in [2.45, 2.75) is 44.6 Å². The predicted octanol–water partition coefficient (Wildman–Crippen LogP) is 1.19. The molecule has 1 N–H and O–H groups in total. The van der Waals surface area contributed by atoms with Crippen molar-refractivity contribution >= 4 is 5.91 Å². The first-order valence-corrected chi connectivity index (χ1v) is 7.08. The number of hydrogen-bond donors (Lipinski definition) is 1. The number of nitrogens with one attached hydrogen (secondary N) is 1. The zero-order valence-electron chi connectivity index (χ0n) is 12.2. The Balaban J connectivity index is 1.97. The molecule has 1 aromatic rings. The second-order valence-corrected chi connectivity index (χ2v) is 5.84. The summed E-state index contributed by atoms with van der Waals surface area (Å²) in [5.41, 5.74) is -0.114. The van der Waals surface area contributed by atoms with Crippen LogP contribution in [-0.2, 0) is 11.3 Å². The molecule has 3 rings (SSSR count). The Hall–Kier alpha value is -2.13. The van der Waals surface area contributed by atoms with E-state index in [1.807, 2.05) is 18.7 Å². The fourth-order valence-electron chi connectivity index (χ4n) is 3.00. The lowest BCUT2D eigenvalue weighted by atomic mass is 10.0. The average Bonchev–Trinajstić information content (AvgIpc) is 2.79. The Morgan fingerprint density at radius 2 is 2.43 bits per heavy atom. The van der Waals surface area contributed by atoms with Gasteiger partial charge in [-0.3, -0.25) is 14.6 Å². The number of likely N-dealkylation sites (tertiary alicyclic amines) is 1. The van der Waals surface area contributed by atoms with Crippen LogP contribution in [-0.4, -0.2) is 40.1 Å². The van der Waals surface area contributed by atoms with Gasteiger partial charge < -0.3 is 10.1 Å². The molecule has 1 spiro atoms. The van der Waals surface area contributed by atoms with Gasteiger partial charge in [0.05, 0.1) is 13.0 Å². The summed E-state index contributed by atoms with van der Waals surface area (Å²) < 4.78 is 6.09. The molecule has 6 nitrogen and oxygen atoms in total. The van der Waals surface area contributed by atoms with Crippen LogP contribution in [0.25, 0.3) is 4.85 Å². The quantitative estimate of drug-likeness (QED) is 0.788. The minimum absolute atomic E-state index is 0.143. The van der Waals surface area contributed by atoms with Crippen LogP contribution < -0.4 is 10.1 Å². The summed E-state index contributed by atoms with van der Waals surface area (Å²) in [5.74, 6) is 0.535. The SMILES string of the molecule is [C-]#[N+][C@@H]1C[C@]2(CN1C(C)C)Oc1ccncc1CNC2=O. The van der Waals surface area contributed by atoms with E-state index in [0.29, 0.717) is 25.3 Å². The van der Waals surface area contributed by atoms with Crippen LogP contribution in [0.1, 0.15) is 25.8 Å². The largest absolute Gasteiger partial charge is 0.475 e. The maximum Gasteiger partial charge on any atom is 0.284 e. The van der Waals surface area contributed by atoms with Gasteiger partial charge in [-0.2, -0.15) is 0 Å². The van der Waals surface area contributed by atoms with Crippen molar-refractivity contribution in [1.82, 2.24) is 15.2 Å². The summed E-state index contributed by atoms with van der Waals surface area (Å²) in [4.78, 5) is 22.3. The third-order valence-electron chi connectivity index (χ3n) is 4.16. The monoisotopic (exact) mass is 286 g/mol. The van der Waals surface area contributed by atoms with Crippen LogP contribution in [0.2, 0.25) is 0 Å². The summed E-state index contributed by atoms with van der Waals surface area (Å²) in [6.07, 6.45) is 3.43. The van der Waals surface area contributed by atoms with Crippen molar-refractivity contribution in [2.24, 2.45) is 0 Å². The maximum atomic E-state index is 12.6. The van der Waals surface area contributed by atoms with E-state index >= 15 is 0 Å². The van der Waals surface area contributed by atoms with Crippen molar-refractivity contribution in [3.63, 3.8) is 0 Å². The molecule has 0 radical (unpaired) electrons. The highest BCUT2D eigenvalue weighted by atomic mass is 16.5. The molecule has 2 aliphatic heterocycles. The van der Waals surface area contributed by atoms with Crippen molar-refractivity contribution < 1.29 is 9.53 Å². The summed E-state index contributed by atoms with van der Waals surface area (Å²) in [6, 6.07) is 1.97. The highest BCUT2D eigenvalue weighted by Crippen LogP contribution is 2.36. The molecule has 110 valence electrons. The number of nitrogens with zero attached hydrogens (tertiary/aromatic N) is 3. The van der Waals surface area contributed by atoms with Gasteiger partial charge in [0.2, 0.25) is 5.60 Å². The first kappa shape index (κ1) is 13.8. The number of aromatic nitrogens is 1. The third-order valence-corrected chi connectivity index (χ3v) is 4.16. The zero-order chi connectivity index (χ0) is 15.0. The molecule has 3 heterocycles. The summed E-state index contributed by atoms with van der Waals surface area (Å²) >= 11 is 0. The van der Waals surface area contributed by atoms with Crippen LogP contribution >= 0.6 is 0 Å². The van der Waals surface area contributed by atoms with E-state index in [1.54, 1.807) is 18.5 Å². The number of fused-ring (bicyclic) bond motifs is 1. The average molecular weight is 286 g/mol. The van der Waals surface area contributed by atoms with Gasteiger partial charge in [-0.15, -0.1) is 0 Å². The molecular weight excluding hydrogens is 268 g/mol. The van der Waals surface area contributed by atoms with E-state index < -0.39 is 5.60 Å². The van der Waals surface area contributed by atoms with Crippen LogP contribution in [0, 0.1) is 6.57 Å². The molecule has 6 heteroatoms. The number of hydrogen-bond acceptors (Lipinski definition) is 4. The second-order valence-electron chi connectivity index (χ2n) is 5.84. The second kappa shape index (κ2) is 5.01. The van der Waals surface area contributed by atoms with Gasteiger partial charge in [0, 0.05) is 30.5 Å². The van der Waals surface area contributed by atoms with E-state index in [1.165, 1.54) is 0 Å². The lowest BCUT2D eigenvalue weighted by molar-refractivity contribution is -0.135. The maximum absolute atomic E-state index is 12.6. The number of amides is 1. The number of pyridine rings is 1. The van der Waals surface area contributed by atoms with E-state index in [9.17, 15) is 4.79 Å². The minimum Gasteiger partial charge on any atom is -0.475 e. The van der Waals surface area contributed by atoms with Crippen molar-refractivity contribution in [3.05, 3.63) is 35.4 Å². The lowest BCUT2D eigenvalue weighted by Gasteiger charge is -2.27. The molecule has 1 amide bonds. The summed E-state index contributed by atoms with van der Waals surface area (Å²) in [5, 5.41) is 2.90. The van der Waals surface area contributed by atoms with Gasteiger partial charge in [0.25, 0.3) is 12.1 Å². The zero-order valence-corrected chi connectivity index (χ0v) is 12.2. The van der Waals surface area contributed by atoms with Crippen LogP contribution in [0.15, 0.2) is 18.5 Å². The predicted molar refractivity (Wildman–Crippen MR) is 76.3 cm³/mol. The highest BCUT2D eigenvalue weighted by Gasteiger charge is 2.56. The van der Waals surface area contributed by atoms with Crippen molar-refractivity contribution in [3.8, 4) is 5.75 Å². The van der Waals surface area contributed by atoms with Gasteiger partial charge in [-0.05, 0) is 19.9 Å². The molecular formula is C15H18N4O2. The van der Waals surface area contributed by atoms with E-state index in [-0.39, 0.29) is 18.1 Å². The standard InChI is InChI=1S/C15H18N4O2/c1-10(2)19-9-15(6-13(19)16-3)14(20)18-8-11-7-17-5-4-12(11)21-15/h4-5,7,10,13H,6,8-9H2,1-2H3,(H,18,20)/t13-,15+/m0/s1. The molecule has 0 aromatic carbocycles. The first-order valence-electron chi connectivity index (χ1n) is 7.08. The third kappa shape index (κ3) is 2.24. The normalized spacial score (nSPS) is 28.7. The smallest absolute Gasteiger partial charge is 0.284 e. The summed E-state index contributed by atoms with van der Waals surface area (Å²) in [7, 11) is 0. The fraction of sp³-hybridized carbons (Fsp3) is 0.533. The van der Waals surface area contributed by atoms with Gasteiger partial charge in [0.1, 0.15) is 5.75 Å². The van der Waals surface area contributed by atoms with Crippen molar-refractivity contribution in [1.29, 1.82) is 0 Å². The topological polar surface area (TPSA) is 58.8 Å². The van der Waals surface area contributed by atoms with Crippen LogP contribution in [0.3, 0.4) is 0 Å². The Kier molecular flexibility index (Phi) is 3.30. The van der Waals surface area contributed by atoms with Gasteiger partial charge in [0.15, 0.2) is 0 Å². The number of ether oxygens (including phenoxy) is 1. The number of carbonyl (C=O) groups excluding carboxylic acids is 1. The van der Waals surface area contributed by atoms with Gasteiger partial charge in [-0.25, -0.2) is 11.5 Å². The molecule has 1 aromatic heterocycles. The van der Waals surface area contributed by atoms with Gasteiger partial charge >= 0.3 is 0 Å². The molecule has 0 saturated carbocycles. The van der Waals surface area contributed by atoms with E-state index in [4.69, 9.17) is 11.3 Å². The van der Waals surface area contributed by atoms with Crippen molar-refractivity contribution in [2.75, 3.05) is 6.54 Å². The highest BCUT2D eigenvalue weighted by molar-refractivity contribution is 5.87. The Morgan fingerprint density at radius 3 is 3.10 bits per heavy atom. The Morgan fingerprint density at radius 1 is 1.62 bits per heavy atom. The Labute approximate surface area is 123 Å². The van der Waals surface area contributed by atoms with E-state index in [0.717, 1.165) is 5.56 Å². The molecule has 1 fully saturated rings. The van der Waals surface area contributed by atoms with Gasteiger partial charge in [-0.1, -0.05) is 0 Å². The van der Waals surface area contributed by atoms with Crippen LogP contribution in [0.4, 0.5) is 0 Å². The molecule has 0 bridgehead atoms. The number of rotatable bonds is 1. The molecule has 0 aliphatic carbocycles.